The number of Topliss-reactive ketones (excluding diaryl/α,β-unsaturated/α-hetero) is 1. The summed E-state index contributed by atoms with van der Waals surface area (Å²) in [6.07, 6.45) is -3.23. The van der Waals surface area contributed by atoms with Crippen molar-refractivity contribution in [3.8, 4) is 0 Å². The largest absolute Gasteiger partial charge is 0.470 e. The van der Waals surface area contributed by atoms with E-state index >= 15 is 0 Å². The Labute approximate surface area is 140 Å². The van der Waals surface area contributed by atoms with Crippen molar-refractivity contribution in [1.82, 2.24) is 19.5 Å². The maximum absolute atomic E-state index is 11.5. The molecule has 0 aliphatic carbocycles. The SMILES string of the molecule is Nc1ncnc2c1ncn2C[C@H](O)C(O)C(O)C(=O)COP(=O)(O)O. The summed E-state index contributed by atoms with van der Waals surface area (Å²) in [6.45, 7) is -1.43. The number of hydrogen-bond acceptors (Lipinski definition) is 10. The number of aliphatic hydroxyl groups is 3. The molecule has 14 heteroatoms. The third kappa shape index (κ3) is 4.76. The fourth-order valence-electron chi connectivity index (χ4n) is 1.98. The number of imidazole rings is 1. The Balaban J connectivity index is 2.03. The van der Waals surface area contributed by atoms with Crippen LogP contribution in [0.2, 0.25) is 0 Å². The molecule has 13 nitrogen and oxygen atoms in total. The lowest BCUT2D eigenvalue weighted by molar-refractivity contribution is -0.141. The van der Waals surface area contributed by atoms with Crippen LogP contribution in [0.15, 0.2) is 12.7 Å². The van der Waals surface area contributed by atoms with Crippen LogP contribution in [-0.2, 0) is 20.4 Å². The summed E-state index contributed by atoms with van der Waals surface area (Å²) in [5.74, 6) is -1.10. The van der Waals surface area contributed by atoms with Crippen LogP contribution in [-0.4, -0.2) is 75.3 Å². The van der Waals surface area contributed by atoms with Crippen LogP contribution in [0.5, 0.6) is 0 Å². The van der Waals surface area contributed by atoms with Crippen molar-refractivity contribution in [2.75, 3.05) is 12.3 Å². The van der Waals surface area contributed by atoms with Crippen LogP contribution in [0.25, 0.3) is 11.2 Å². The third-order valence-corrected chi connectivity index (χ3v) is 3.70. The number of aliphatic hydroxyl groups excluding tert-OH is 3. The van der Waals surface area contributed by atoms with E-state index in [0.717, 1.165) is 0 Å². The van der Waals surface area contributed by atoms with E-state index in [1.807, 2.05) is 0 Å². The lowest BCUT2D eigenvalue weighted by Gasteiger charge is -2.22. The molecule has 3 atom stereocenters. The van der Waals surface area contributed by atoms with Gasteiger partial charge in [0.25, 0.3) is 0 Å². The predicted molar refractivity (Wildman–Crippen MR) is 80.8 cm³/mol. The number of fused-ring (bicyclic) bond motifs is 1. The molecule has 0 spiro atoms. The van der Waals surface area contributed by atoms with Gasteiger partial charge in [-0.1, -0.05) is 0 Å². The maximum Gasteiger partial charge on any atom is 0.470 e. The first-order chi connectivity index (χ1) is 11.6. The second-order valence-electron chi connectivity index (χ2n) is 5.06. The first-order valence-electron chi connectivity index (χ1n) is 6.78. The van der Waals surface area contributed by atoms with Gasteiger partial charge in [0.1, 0.15) is 36.8 Å². The highest BCUT2D eigenvalue weighted by molar-refractivity contribution is 7.46. The second kappa shape index (κ2) is 7.49. The molecule has 2 aromatic heterocycles. The van der Waals surface area contributed by atoms with E-state index in [2.05, 4.69) is 19.5 Å². The number of rotatable bonds is 8. The molecular weight excluding hydrogens is 361 g/mol. The highest BCUT2D eigenvalue weighted by Crippen LogP contribution is 2.35. The van der Waals surface area contributed by atoms with Crippen LogP contribution in [0.4, 0.5) is 5.82 Å². The number of phosphoric acid groups is 1. The Morgan fingerprint density at radius 2 is 1.96 bits per heavy atom. The average molecular weight is 377 g/mol. The van der Waals surface area contributed by atoms with Gasteiger partial charge in [0.05, 0.1) is 12.9 Å². The number of phosphoric ester groups is 1. The van der Waals surface area contributed by atoms with Gasteiger partial charge >= 0.3 is 7.82 Å². The zero-order valence-corrected chi connectivity index (χ0v) is 13.5. The maximum atomic E-state index is 11.5. The monoisotopic (exact) mass is 377 g/mol. The van der Waals surface area contributed by atoms with Gasteiger partial charge in [0.2, 0.25) is 0 Å². The van der Waals surface area contributed by atoms with Crippen molar-refractivity contribution < 1.29 is 39.0 Å². The van der Waals surface area contributed by atoms with Gasteiger partial charge < -0.3 is 35.4 Å². The molecule has 2 rings (SSSR count). The molecule has 2 unspecified atom stereocenters. The van der Waals surface area contributed by atoms with E-state index in [0.29, 0.717) is 0 Å². The van der Waals surface area contributed by atoms with Crippen LogP contribution >= 0.6 is 7.82 Å². The Kier molecular flexibility index (Phi) is 5.80. The van der Waals surface area contributed by atoms with E-state index in [4.69, 9.17) is 15.5 Å². The number of hydrogen-bond donors (Lipinski definition) is 6. The normalized spacial score (nSPS) is 15.9. The molecule has 0 saturated carbocycles. The van der Waals surface area contributed by atoms with E-state index in [-0.39, 0.29) is 23.5 Å². The number of nitrogens with zero attached hydrogens (tertiary/aromatic N) is 4. The molecule has 0 bridgehead atoms. The van der Waals surface area contributed by atoms with Gasteiger partial charge in [-0.05, 0) is 0 Å². The summed E-state index contributed by atoms with van der Waals surface area (Å²) in [4.78, 5) is 40.2. The molecule has 0 aromatic carbocycles. The minimum absolute atomic E-state index is 0.114. The lowest BCUT2D eigenvalue weighted by atomic mass is 10.0. The molecule has 0 saturated heterocycles. The van der Waals surface area contributed by atoms with Crippen molar-refractivity contribution in [2.45, 2.75) is 24.9 Å². The quantitative estimate of drug-likeness (QED) is 0.257. The topological polar surface area (TPSA) is 214 Å². The van der Waals surface area contributed by atoms with Crippen LogP contribution in [0.1, 0.15) is 0 Å². The molecule has 0 fully saturated rings. The molecule has 0 aliphatic rings. The number of ketones is 1. The molecule has 2 aromatic rings. The van der Waals surface area contributed by atoms with Crippen molar-refractivity contribution in [3.63, 3.8) is 0 Å². The average Bonchev–Trinajstić information content (AvgIpc) is 2.95. The van der Waals surface area contributed by atoms with Crippen molar-refractivity contribution in [2.24, 2.45) is 0 Å². The summed E-state index contributed by atoms with van der Waals surface area (Å²) < 4.78 is 15.8. The predicted octanol–water partition coefficient (Wildman–Crippen LogP) is -2.83. The number of nitrogen functional groups attached to an aromatic ring is 1. The zero-order chi connectivity index (χ0) is 18.8. The van der Waals surface area contributed by atoms with Crippen LogP contribution < -0.4 is 5.73 Å². The van der Waals surface area contributed by atoms with Gasteiger partial charge in [0.15, 0.2) is 17.2 Å². The molecular formula is C11H16N5O8P. The molecule has 2 heterocycles. The van der Waals surface area contributed by atoms with Crippen LogP contribution in [0.3, 0.4) is 0 Å². The minimum Gasteiger partial charge on any atom is -0.388 e. The Morgan fingerprint density at radius 3 is 2.60 bits per heavy atom. The molecule has 0 aliphatic heterocycles. The third-order valence-electron chi connectivity index (χ3n) is 3.24. The standard InChI is InChI=1S/C11H16N5O8P/c12-10-7-11(14-3-13-10)16(4-15-7)1-5(17)8(19)9(20)6(18)2-24-25(21,22)23/h3-5,8-9,17,19-20H,1-2H2,(H2,12,13,14)(H2,21,22,23)/t5-,8?,9?/m0/s1. The van der Waals surface area contributed by atoms with E-state index in [1.165, 1.54) is 17.2 Å². The minimum atomic E-state index is -4.91. The molecule has 0 radical (unpaired) electrons. The molecule has 25 heavy (non-hydrogen) atoms. The highest BCUT2D eigenvalue weighted by atomic mass is 31.2. The summed E-state index contributed by atoms with van der Waals surface area (Å²) in [7, 11) is -4.91. The summed E-state index contributed by atoms with van der Waals surface area (Å²) in [5, 5.41) is 29.5. The molecule has 0 amide bonds. The molecule has 7 N–H and O–H groups in total. The first-order valence-corrected chi connectivity index (χ1v) is 8.31. The number of nitrogens with two attached hydrogens (primary N) is 1. The van der Waals surface area contributed by atoms with E-state index in [1.54, 1.807) is 0 Å². The Morgan fingerprint density at radius 1 is 1.28 bits per heavy atom. The summed E-state index contributed by atoms with van der Waals surface area (Å²) in [5.41, 5.74) is 6.16. The van der Waals surface area contributed by atoms with E-state index < -0.39 is 38.5 Å². The second-order valence-corrected chi connectivity index (χ2v) is 6.30. The fourth-order valence-corrected chi connectivity index (χ4v) is 2.27. The van der Waals surface area contributed by atoms with Gasteiger partial charge in [-0.2, -0.15) is 0 Å². The zero-order valence-electron chi connectivity index (χ0n) is 12.6. The van der Waals surface area contributed by atoms with Crippen molar-refractivity contribution >= 4 is 30.6 Å². The fraction of sp³-hybridized carbons (Fsp3) is 0.455. The Hall–Kier alpha value is -1.99. The number of aromatic nitrogens is 4. The Bertz CT molecular complexity index is 807. The van der Waals surface area contributed by atoms with Gasteiger partial charge in [-0.25, -0.2) is 19.5 Å². The van der Waals surface area contributed by atoms with E-state index in [9.17, 15) is 24.7 Å². The first kappa shape index (κ1) is 19.3. The van der Waals surface area contributed by atoms with Gasteiger partial charge in [-0.3, -0.25) is 9.32 Å². The van der Waals surface area contributed by atoms with Gasteiger partial charge in [-0.15, -0.1) is 0 Å². The number of anilines is 1. The lowest BCUT2D eigenvalue weighted by Crippen LogP contribution is -2.45. The van der Waals surface area contributed by atoms with Crippen molar-refractivity contribution in [1.29, 1.82) is 0 Å². The van der Waals surface area contributed by atoms with Crippen LogP contribution in [0, 0.1) is 0 Å². The summed E-state index contributed by atoms with van der Waals surface area (Å²) in [6, 6.07) is 0. The number of carbonyl (C=O) groups is 1. The number of carbonyl (C=O) groups excluding carboxylic acids is 1. The van der Waals surface area contributed by atoms with Gasteiger partial charge in [0, 0.05) is 0 Å². The highest BCUT2D eigenvalue weighted by Gasteiger charge is 2.32. The molecule has 138 valence electrons. The summed E-state index contributed by atoms with van der Waals surface area (Å²) >= 11 is 0. The smallest absolute Gasteiger partial charge is 0.388 e. The van der Waals surface area contributed by atoms with Crippen molar-refractivity contribution in [3.05, 3.63) is 12.7 Å².